The van der Waals surface area contributed by atoms with Crippen LogP contribution in [0, 0.1) is 26.0 Å². The summed E-state index contributed by atoms with van der Waals surface area (Å²) in [5.74, 6) is 0. The van der Waals surface area contributed by atoms with Crippen molar-refractivity contribution >= 4 is 43.4 Å². The largest absolute Gasteiger partial charge is 0.501 e. The number of thiophene rings is 1. The minimum absolute atomic E-state index is 0. The van der Waals surface area contributed by atoms with E-state index < -0.39 is 0 Å². The van der Waals surface area contributed by atoms with Gasteiger partial charge >= 0.3 is 0 Å². The standard InChI is InChI=1S/C24H20NOS.C12H10N.Ir/c1-14-13-25-20(11-19(14)24(2,3)4)17-7-5-6-16-18-10-15-8-9-27-22(15)12-21(18)26-23(16)17;1-10-7-8-12(13-9-10)11-5-3-2-4-6-11;/h5-6,8-13H,1-4H3;2-5,7-9H,1H3;/q2*-1;. The van der Waals surface area contributed by atoms with Gasteiger partial charge in [-0.05, 0) is 76.3 Å². The third-order valence-corrected chi connectivity index (χ3v) is 7.95. The molecule has 3 aromatic carbocycles. The van der Waals surface area contributed by atoms with E-state index in [9.17, 15) is 0 Å². The van der Waals surface area contributed by atoms with Crippen molar-refractivity contribution < 1.29 is 24.5 Å². The van der Waals surface area contributed by atoms with Crippen molar-refractivity contribution in [3.63, 3.8) is 0 Å². The monoisotopic (exact) mass is 731 g/mol. The van der Waals surface area contributed by atoms with Crippen LogP contribution in [0.4, 0.5) is 0 Å². The molecular weight excluding hydrogens is 701 g/mol. The summed E-state index contributed by atoms with van der Waals surface area (Å²) in [6.45, 7) is 10.9. The fraction of sp³-hybridized carbons (Fsp3) is 0.167. The predicted molar refractivity (Wildman–Crippen MR) is 168 cm³/mol. The van der Waals surface area contributed by atoms with E-state index in [1.54, 1.807) is 11.3 Å². The molecule has 207 valence electrons. The molecule has 0 spiro atoms. The maximum absolute atomic E-state index is 6.31. The van der Waals surface area contributed by atoms with Gasteiger partial charge in [0.05, 0.1) is 5.58 Å². The topological polar surface area (TPSA) is 38.9 Å². The third kappa shape index (κ3) is 5.89. The molecule has 0 atom stereocenters. The van der Waals surface area contributed by atoms with E-state index in [-0.39, 0.29) is 25.5 Å². The summed E-state index contributed by atoms with van der Waals surface area (Å²) in [5, 5.41) is 5.64. The fourth-order valence-corrected chi connectivity index (χ4v) is 5.84. The zero-order valence-corrected chi connectivity index (χ0v) is 26.9. The second-order valence-electron chi connectivity index (χ2n) is 11.1. The summed E-state index contributed by atoms with van der Waals surface area (Å²) in [7, 11) is 0. The zero-order valence-electron chi connectivity index (χ0n) is 23.7. The summed E-state index contributed by atoms with van der Waals surface area (Å²) >= 11 is 1.74. The molecule has 5 heteroatoms. The van der Waals surface area contributed by atoms with E-state index in [0.29, 0.717) is 0 Å². The quantitative estimate of drug-likeness (QED) is 0.166. The summed E-state index contributed by atoms with van der Waals surface area (Å²) in [5.41, 5.74) is 9.40. The third-order valence-electron chi connectivity index (χ3n) is 7.07. The van der Waals surface area contributed by atoms with Crippen LogP contribution in [0.2, 0.25) is 0 Å². The first-order valence-corrected chi connectivity index (χ1v) is 14.3. The molecule has 0 fully saturated rings. The second kappa shape index (κ2) is 11.7. The van der Waals surface area contributed by atoms with Crippen molar-refractivity contribution in [2.75, 3.05) is 0 Å². The average molecular weight is 731 g/mol. The molecule has 0 saturated heterocycles. The smallest absolute Gasteiger partial charge is 0.122 e. The van der Waals surface area contributed by atoms with E-state index in [0.717, 1.165) is 44.5 Å². The number of rotatable bonds is 2. The second-order valence-corrected chi connectivity index (χ2v) is 12.1. The average Bonchev–Trinajstić information content (AvgIpc) is 3.56. The molecule has 41 heavy (non-hydrogen) atoms. The number of fused-ring (bicyclic) bond motifs is 4. The molecular formula is C36H30IrN2OS-2. The Labute approximate surface area is 258 Å². The van der Waals surface area contributed by atoms with Crippen LogP contribution < -0.4 is 0 Å². The number of hydrogen-bond acceptors (Lipinski definition) is 4. The molecule has 0 bridgehead atoms. The van der Waals surface area contributed by atoms with Gasteiger partial charge in [-0.25, -0.2) is 0 Å². The number of benzene rings is 3. The van der Waals surface area contributed by atoms with Crippen molar-refractivity contribution in [3.05, 3.63) is 119 Å². The van der Waals surface area contributed by atoms with Gasteiger partial charge in [-0.3, -0.25) is 0 Å². The Morgan fingerprint density at radius 3 is 2.37 bits per heavy atom. The van der Waals surface area contributed by atoms with Crippen LogP contribution in [0.3, 0.4) is 0 Å². The normalized spacial score (nSPS) is 11.3. The molecule has 0 unspecified atom stereocenters. The first-order chi connectivity index (χ1) is 19.3. The zero-order chi connectivity index (χ0) is 27.9. The molecule has 0 N–H and O–H groups in total. The van der Waals surface area contributed by atoms with Gasteiger partial charge in [-0.2, -0.15) is 0 Å². The van der Waals surface area contributed by atoms with Gasteiger partial charge < -0.3 is 14.4 Å². The fourth-order valence-electron chi connectivity index (χ4n) is 5.04. The first kappa shape index (κ1) is 28.9. The van der Waals surface area contributed by atoms with Crippen LogP contribution in [0.15, 0.2) is 95.0 Å². The molecule has 1 radical (unpaired) electrons. The molecule has 0 aliphatic carbocycles. The first-order valence-electron chi connectivity index (χ1n) is 13.4. The summed E-state index contributed by atoms with van der Waals surface area (Å²) < 4.78 is 7.55. The van der Waals surface area contributed by atoms with Crippen LogP contribution in [-0.4, -0.2) is 9.97 Å². The Balaban J connectivity index is 0.000000204. The Hall–Kier alpha value is -3.63. The van der Waals surface area contributed by atoms with Crippen molar-refractivity contribution in [2.24, 2.45) is 0 Å². The predicted octanol–water partition coefficient (Wildman–Crippen LogP) is 10.1. The Morgan fingerprint density at radius 1 is 0.805 bits per heavy atom. The van der Waals surface area contributed by atoms with Gasteiger partial charge in [0.1, 0.15) is 5.58 Å². The number of aromatic nitrogens is 2. The van der Waals surface area contributed by atoms with E-state index >= 15 is 0 Å². The number of aryl methyl sites for hydroxylation is 2. The van der Waals surface area contributed by atoms with E-state index in [4.69, 9.17) is 9.40 Å². The number of nitrogens with zero attached hydrogens (tertiary/aromatic N) is 2. The molecule has 0 aliphatic heterocycles. The van der Waals surface area contributed by atoms with E-state index in [1.165, 1.54) is 26.8 Å². The van der Waals surface area contributed by atoms with Crippen molar-refractivity contribution in [1.29, 1.82) is 0 Å². The molecule has 4 heterocycles. The van der Waals surface area contributed by atoms with Crippen molar-refractivity contribution in [3.8, 4) is 22.5 Å². The van der Waals surface area contributed by atoms with Gasteiger partial charge in [0, 0.05) is 42.6 Å². The summed E-state index contributed by atoms with van der Waals surface area (Å²) in [6.07, 6.45) is 3.83. The Kier molecular flexibility index (Phi) is 8.24. The van der Waals surface area contributed by atoms with Crippen LogP contribution >= 0.6 is 11.3 Å². The maximum Gasteiger partial charge on any atom is 0.122 e. The van der Waals surface area contributed by atoms with Crippen molar-refractivity contribution in [2.45, 2.75) is 40.0 Å². The Bertz CT molecular complexity index is 1950. The van der Waals surface area contributed by atoms with Crippen molar-refractivity contribution in [1.82, 2.24) is 9.97 Å². The number of furan rings is 1. The van der Waals surface area contributed by atoms with E-state index in [2.05, 4.69) is 86.6 Å². The molecule has 4 aromatic heterocycles. The van der Waals surface area contributed by atoms with Crippen LogP contribution in [-0.2, 0) is 25.5 Å². The Morgan fingerprint density at radius 2 is 1.63 bits per heavy atom. The molecule has 7 aromatic rings. The van der Waals surface area contributed by atoms with Gasteiger partial charge in [0.2, 0.25) is 0 Å². The van der Waals surface area contributed by atoms with Crippen LogP contribution in [0.1, 0.15) is 37.5 Å². The maximum atomic E-state index is 6.31. The van der Waals surface area contributed by atoms with E-state index in [1.807, 2.05) is 55.7 Å². The number of pyridine rings is 2. The van der Waals surface area contributed by atoms with Crippen LogP contribution in [0.5, 0.6) is 0 Å². The minimum atomic E-state index is 0. The minimum Gasteiger partial charge on any atom is -0.501 e. The van der Waals surface area contributed by atoms with Gasteiger partial charge in [0.25, 0.3) is 0 Å². The molecule has 7 rings (SSSR count). The number of hydrogen-bond donors (Lipinski definition) is 0. The van der Waals surface area contributed by atoms with Gasteiger partial charge in [0.15, 0.2) is 0 Å². The summed E-state index contributed by atoms with van der Waals surface area (Å²) in [6, 6.07) is 31.2. The molecule has 3 nitrogen and oxygen atoms in total. The molecule has 0 saturated carbocycles. The molecule has 0 amide bonds. The molecule has 0 aliphatic rings. The SMILES string of the molecule is Cc1ccc(-c2[c-]cccc2)nc1.Cc1cnc(-c2[c-]ccc3c2oc2cc4sccc4cc23)cc1C(C)(C)C.[Ir]. The van der Waals surface area contributed by atoms with Crippen LogP contribution in [0.25, 0.3) is 54.5 Å². The summed E-state index contributed by atoms with van der Waals surface area (Å²) in [4.78, 5) is 9.02. The van der Waals surface area contributed by atoms with Gasteiger partial charge in [-0.15, -0.1) is 65.4 Å². The van der Waals surface area contributed by atoms with Gasteiger partial charge in [-0.1, -0.05) is 49.9 Å².